The number of carbonyl (C=O) groups is 1. The Hall–Kier alpha value is -2.31. The SMILES string of the molecule is Cc1ccc(NC(=O)CSc2nncn2-c2ccccc2C)cc1Cl. The first-order chi connectivity index (χ1) is 12.0. The molecule has 0 aliphatic carbocycles. The highest BCUT2D eigenvalue weighted by atomic mass is 35.5. The number of nitrogens with zero attached hydrogens (tertiary/aromatic N) is 3. The zero-order chi connectivity index (χ0) is 17.8. The van der Waals surface area contributed by atoms with Gasteiger partial charge in [0.15, 0.2) is 5.16 Å². The molecule has 1 N–H and O–H groups in total. The van der Waals surface area contributed by atoms with E-state index in [1.165, 1.54) is 11.8 Å². The van der Waals surface area contributed by atoms with Gasteiger partial charge in [0.2, 0.25) is 5.91 Å². The molecule has 0 saturated heterocycles. The summed E-state index contributed by atoms with van der Waals surface area (Å²) in [5.74, 6) is 0.111. The number of para-hydroxylation sites is 1. The number of halogens is 1. The molecular formula is C18H17ClN4OS. The van der Waals surface area contributed by atoms with Gasteiger partial charge in [0, 0.05) is 10.7 Å². The lowest BCUT2D eigenvalue weighted by Crippen LogP contribution is -2.14. The number of carbonyl (C=O) groups excluding carboxylic acids is 1. The van der Waals surface area contributed by atoms with Gasteiger partial charge in [0.05, 0.1) is 11.4 Å². The Kier molecular flexibility index (Phi) is 5.40. The van der Waals surface area contributed by atoms with Crippen LogP contribution in [0.3, 0.4) is 0 Å². The van der Waals surface area contributed by atoms with Crippen molar-refractivity contribution in [2.24, 2.45) is 0 Å². The summed E-state index contributed by atoms with van der Waals surface area (Å²) >= 11 is 7.42. The number of anilines is 1. The molecule has 5 nitrogen and oxygen atoms in total. The summed E-state index contributed by atoms with van der Waals surface area (Å²) in [7, 11) is 0. The Morgan fingerprint density at radius 3 is 2.76 bits per heavy atom. The van der Waals surface area contributed by atoms with Gasteiger partial charge in [-0.05, 0) is 43.2 Å². The van der Waals surface area contributed by atoms with Crippen LogP contribution in [0.1, 0.15) is 11.1 Å². The zero-order valence-corrected chi connectivity index (χ0v) is 15.4. The second-order valence-corrected chi connectivity index (χ2v) is 6.92. The van der Waals surface area contributed by atoms with Gasteiger partial charge in [-0.3, -0.25) is 9.36 Å². The number of thioether (sulfide) groups is 1. The maximum absolute atomic E-state index is 12.2. The predicted octanol–water partition coefficient (Wildman–Crippen LogP) is 4.27. The molecule has 0 saturated carbocycles. The molecule has 0 spiro atoms. The topological polar surface area (TPSA) is 59.8 Å². The Balaban J connectivity index is 1.66. The van der Waals surface area contributed by atoms with Gasteiger partial charge in [0.1, 0.15) is 6.33 Å². The van der Waals surface area contributed by atoms with Crippen molar-refractivity contribution >= 4 is 35.0 Å². The molecule has 0 atom stereocenters. The minimum atomic E-state index is -0.121. The summed E-state index contributed by atoms with van der Waals surface area (Å²) in [6, 6.07) is 13.4. The fraction of sp³-hybridized carbons (Fsp3) is 0.167. The normalized spacial score (nSPS) is 10.7. The molecule has 3 aromatic rings. The van der Waals surface area contributed by atoms with Crippen molar-refractivity contribution in [3.8, 4) is 5.69 Å². The average molecular weight is 373 g/mol. The van der Waals surface area contributed by atoms with Crippen LogP contribution in [0.5, 0.6) is 0 Å². The van der Waals surface area contributed by atoms with Crippen LogP contribution in [0, 0.1) is 13.8 Å². The quantitative estimate of drug-likeness (QED) is 0.679. The maximum atomic E-state index is 12.2. The van der Waals surface area contributed by atoms with E-state index in [0.29, 0.717) is 15.9 Å². The van der Waals surface area contributed by atoms with Crippen LogP contribution in [0.2, 0.25) is 5.02 Å². The van der Waals surface area contributed by atoms with Crippen LogP contribution < -0.4 is 5.32 Å². The highest BCUT2D eigenvalue weighted by Crippen LogP contribution is 2.23. The third-order valence-corrected chi connectivity index (χ3v) is 5.03. The maximum Gasteiger partial charge on any atom is 0.234 e. The number of benzene rings is 2. The van der Waals surface area contributed by atoms with Crippen LogP contribution in [0.4, 0.5) is 5.69 Å². The number of hydrogen-bond donors (Lipinski definition) is 1. The lowest BCUT2D eigenvalue weighted by atomic mass is 10.2. The molecular weight excluding hydrogens is 356 g/mol. The van der Waals surface area contributed by atoms with E-state index in [9.17, 15) is 4.79 Å². The summed E-state index contributed by atoms with van der Waals surface area (Å²) in [6.07, 6.45) is 1.66. The second-order valence-electron chi connectivity index (χ2n) is 5.57. The standard InChI is InChI=1S/C18H17ClN4OS/c1-12-7-8-14(9-15(12)19)21-17(24)10-25-18-22-20-11-23(18)16-6-4-3-5-13(16)2/h3-9,11H,10H2,1-2H3,(H,21,24). The fourth-order valence-electron chi connectivity index (χ4n) is 2.32. The average Bonchev–Trinajstić information content (AvgIpc) is 3.05. The molecule has 2 aromatic carbocycles. The van der Waals surface area contributed by atoms with Gasteiger partial charge in [-0.1, -0.05) is 47.6 Å². The van der Waals surface area contributed by atoms with E-state index in [4.69, 9.17) is 11.6 Å². The van der Waals surface area contributed by atoms with E-state index in [-0.39, 0.29) is 11.7 Å². The highest BCUT2D eigenvalue weighted by Gasteiger charge is 2.12. The molecule has 0 aliphatic heterocycles. The van der Waals surface area contributed by atoms with Crippen molar-refractivity contribution in [3.05, 3.63) is 64.9 Å². The zero-order valence-electron chi connectivity index (χ0n) is 13.9. The van der Waals surface area contributed by atoms with E-state index in [1.54, 1.807) is 12.4 Å². The number of aromatic nitrogens is 3. The van der Waals surface area contributed by atoms with Gasteiger partial charge in [-0.15, -0.1) is 10.2 Å². The molecule has 7 heteroatoms. The van der Waals surface area contributed by atoms with Crippen LogP contribution in [-0.4, -0.2) is 26.4 Å². The van der Waals surface area contributed by atoms with Crippen molar-refractivity contribution in [1.29, 1.82) is 0 Å². The molecule has 0 aliphatic rings. The predicted molar refractivity (Wildman–Crippen MR) is 102 cm³/mol. The largest absolute Gasteiger partial charge is 0.325 e. The van der Waals surface area contributed by atoms with Crippen molar-refractivity contribution in [2.75, 3.05) is 11.1 Å². The second kappa shape index (κ2) is 7.72. The van der Waals surface area contributed by atoms with Crippen molar-refractivity contribution in [2.45, 2.75) is 19.0 Å². The van der Waals surface area contributed by atoms with Crippen LogP contribution >= 0.6 is 23.4 Å². The van der Waals surface area contributed by atoms with E-state index in [2.05, 4.69) is 15.5 Å². The first-order valence-electron chi connectivity index (χ1n) is 7.69. The molecule has 1 heterocycles. The highest BCUT2D eigenvalue weighted by molar-refractivity contribution is 7.99. The lowest BCUT2D eigenvalue weighted by molar-refractivity contribution is -0.113. The molecule has 0 unspecified atom stereocenters. The number of nitrogens with one attached hydrogen (secondary N) is 1. The molecule has 128 valence electrons. The molecule has 1 aromatic heterocycles. The number of rotatable bonds is 5. The first kappa shape index (κ1) is 17.5. The summed E-state index contributed by atoms with van der Waals surface area (Å²) in [6.45, 7) is 3.94. The Morgan fingerprint density at radius 2 is 2.00 bits per heavy atom. The molecule has 3 rings (SSSR count). The Bertz CT molecular complexity index is 910. The third-order valence-electron chi connectivity index (χ3n) is 3.68. The smallest absolute Gasteiger partial charge is 0.234 e. The van der Waals surface area contributed by atoms with Crippen molar-refractivity contribution in [1.82, 2.24) is 14.8 Å². The Labute approximate surface area is 155 Å². The molecule has 1 amide bonds. The summed E-state index contributed by atoms with van der Waals surface area (Å²) in [4.78, 5) is 12.2. The van der Waals surface area contributed by atoms with Gasteiger partial charge in [0.25, 0.3) is 0 Å². The van der Waals surface area contributed by atoms with Gasteiger partial charge >= 0.3 is 0 Å². The first-order valence-corrected chi connectivity index (χ1v) is 9.06. The summed E-state index contributed by atoms with van der Waals surface area (Å²) < 4.78 is 1.88. The van der Waals surface area contributed by atoms with Crippen LogP contribution in [0.15, 0.2) is 53.9 Å². The lowest BCUT2D eigenvalue weighted by Gasteiger charge is -2.09. The van der Waals surface area contributed by atoms with Crippen molar-refractivity contribution in [3.63, 3.8) is 0 Å². The van der Waals surface area contributed by atoms with E-state index in [1.807, 2.05) is 54.8 Å². The van der Waals surface area contributed by atoms with Gasteiger partial charge < -0.3 is 5.32 Å². The van der Waals surface area contributed by atoms with E-state index >= 15 is 0 Å². The van der Waals surface area contributed by atoms with E-state index in [0.717, 1.165) is 16.8 Å². The summed E-state index contributed by atoms with van der Waals surface area (Å²) in [5.41, 5.74) is 3.77. The molecule has 0 bridgehead atoms. The molecule has 0 radical (unpaired) electrons. The Morgan fingerprint density at radius 1 is 1.20 bits per heavy atom. The van der Waals surface area contributed by atoms with E-state index < -0.39 is 0 Å². The minimum absolute atomic E-state index is 0.121. The molecule has 0 fully saturated rings. The van der Waals surface area contributed by atoms with Crippen LogP contribution in [-0.2, 0) is 4.79 Å². The van der Waals surface area contributed by atoms with Gasteiger partial charge in [-0.2, -0.15) is 0 Å². The minimum Gasteiger partial charge on any atom is -0.325 e. The monoisotopic (exact) mass is 372 g/mol. The summed E-state index contributed by atoms with van der Waals surface area (Å²) in [5, 5.41) is 12.2. The number of hydrogen-bond acceptors (Lipinski definition) is 4. The van der Waals surface area contributed by atoms with Crippen molar-refractivity contribution < 1.29 is 4.79 Å². The van der Waals surface area contributed by atoms with Crippen LogP contribution in [0.25, 0.3) is 5.69 Å². The third kappa shape index (κ3) is 4.21. The molecule has 25 heavy (non-hydrogen) atoms. The fourth-order valence-corrected chi connectivity index (χ4v) is 3.22. The van der Waals surface area contributed by atoms with Gasteiger partial charge in [-0.25, -0.2) is 0 Å². The number of aryl methyl sites for hydroxylation is 2. The number of amides is 1.